The summed E-state index contributed by atoms with van der Waals surface area (Å²) in [6.07, 6.45) is 0.887. The molecular formula is C28H29N3O3. The molecule has 174 valence electrons. The fraction of sp³-hybridized carbons (Fsp3) is 0.214. The molecule has 0 bridgehead atoms. The van der Waals surface area contributed by atoms with Crippen molar-refractivity contribution in [3.63, 3.8) is 0 Å². The van der Waals surface area contributed by atoms with Gasteiger partial charge in [-0.15, -0.1) is 0 Å². The molecule has 1 aromatic heterocycles. The molecule has 0 saturated heterocycles. The van der Waals surface area contributed by atoms with Gasteiger partial charge in [0, 0.05) is 28.9 Å². The Morgan fingerprint density at radius 1 is 0.971 bits per heavy atom. The lowest BCUT2D eigenvalue weighted by molar-refractivity contribution is -0.120. The zero-order valence-corrected chi connectivity index (χ0v) is 19.7. The van der Waals surface area contributed by atoms with Crippen molar-refractivity contribution in [2.75, 3.05) is 19.4 Å². The van der Waals surface area contributed by atoms with Crippen molar-refractivity contribution in [2.45, 2.75) is 26.7 Å². The molecule has 4 rings (SSSR count). The molecule has 0 unspecified atom stereocenters. The van der Waals surface area contributed by atoms with Crippen LogP contribution in [-0.4, -0.2) is 30.0 Å². The minimum Gasteiger partial charge on any atom is -0.497 e. The van der Waals surface area contributed by atoms with Crippen molar-refractivity contribution < 1.29 is 14.3 Å². The maximum atomic E-state index is 13.4. The Kier molecular flexibility index (Phi) is 6.68. The smallest absolute Gasteiger partial charge is 0.262 e. The lowest BCUT2D eigenvalue weighted by Crippen LogP contribution is -2.27. The summed E-state index contributed by atoms with van der Waals surface area (Å²) < 4.78 is 7.10. The molecule has 0 saturated carbocycles. The highest BCUT2D eigenvalue weighted by Crippen LogP contribution is 2.30. The molecule has 3 N–H and O–H groups in total. The monoisotopic (exact) mass is 455 g/mol. The van der Waals surface area contributed by atoms with Crippen molar-refractivity contribution in [3.05, 3.63) is 94.7 Å². The molecule has 4 aromatic rings. The molecule has 0 aliphatic heterocycles. The van der Waals surface area contributed by atoms with Crippen molar-refractivity contribution >= 4 is 28.4 Å². The predicted octanol–water partition coefficient (Wildman–Crippen LogP) is 4.44. The van der Waals surface area contributed by atoms with E-state index in [2.05, 4.69) is 5.32 Å². The number of nitrogen functional groups attached to an aromatic ring is 1. The first-order chi connectivity index (χ1) is 16.4. The standard InChI is InChI=1S/C28H29N3O3/c1-18-4-8-21(9-5-18)28(33)31-19(2)24(25-16-23(34-3)12-13-26(25)31)17-27(32)30-15-14-20-6-10-22(29)11-7-20/h4-13,16H,14-15,17,29H2,1-3H3,(H,30,32). The highest BCUT2D eigenvalue weighted by molar-refractivity contribution is 6.05. The van der Waals surface area contributed by atoms with Gasteiger partial charge in [0.15, 0.2) is 0 Å². The van der Waals surface area contributed by atoms with Gasteiger partial charge in [-0.1, -0.05) is 29.8 Å². The van der Waals surface area contributed by atoms with E-state index in [9.17, 15) is 9.59 Å². The molecule has 6 heteroatoms. The number of hydrogen-bond acceptors (Lipinski definition) is 4. The van der Waals surface area contributed by atoms with Crippen LogP contribution in [0.2, 0.25) is 0 Å². The van der Waals surface area contributed by atoms with Gasteiger partial charge in [-0.25, -0.2) is 0 Å². The van der Waals surface area contributed by atoms with Gasteiger partial charge < -0.3 is 15.8 Å². The van der Waals surface area contributed by atoms with Crippen LogP contribution in [0.25, 0.3) is 10.9 Å². The molecule has 1 amide bonds. The summed E-state index contributed by atoms with van der Waals surface area (Å²) >= 11 is 0. The Hall–Kier alpha value is -4.06. The van der Waals surface area contributed by atoms with Gasteiger partial charge in [0.05, 0.1) is 19.0 Å². The van der Waals surface area contributed by atoms with Crippen molar-refractivity contribution in [2.24, 2.45) is 0 Å². The maximum absolute atomic E-state index is 13.4. The van der Waals surface area contributed by atoms with Crippen LogP contribution in [0, 0.1) is 13.8 Å². The second-order valence-corrected chi connectivity index (χ2v) is 8.47. The lowest BCUT2D eigenvalue weighted by Gasteiger charge is -2.09. The molecule has 34 heavy (non-hydrogen) atoms. The second kappa shape index (κ2) is 9.83. The summed E-state index contributed by atoms with van der Waals surface area (Å²) in [5.74, 6) is 0.461. The quantitative estimate of drug-likeness (QED) is 0.404. The molecule has 6 nitrogen and oxygen atoms in total. The first kappa shape index (κ1) is 23.1. The fourth-order valence-corrected chi connectivity index (χ4v) is 4.15. The van der Waals surface area contributed by atoms with Gasteiger partial charge in [-0.3, -0.25) is 14.2 Å². The van der Waals surface area contributed by atoms with Gasteiger partial charge in [0.2, 0.25) is 5.91 Å². The number of hydrogen-bond donors (Lipinski definition) is 2. The Bertz CT molecular complexity index is 1340. The Morgan fingerprint density at radius 3 is 2.35 bits per heavy atom. The molecular weight excluding hydrogens is 426 g/mol. The van der Waals surface area contributed by atoms with Crippen molar-refractivity contribution in [1.29, 1.82) is 0 Å². The van der Waals surface area contributed by atoms with E-state index < -0.39 is 0 Å². The van der Waals surface area contributed by atoms with Crippen LogP contribution in [0.5, 0.6) is 5.75 Å². The number of fused-ring (bicyclic) bond motifs is 1. The third-order valence-corrected chi connectivity index (χ3v) is 6.10. The van der Waals surface area contributed by atoms with Crippen LogP contribution in [-0.2, 0) is 17.6 Å². The van der Waals surface area contributed by atoms with E-state index in [1.165, 1.54) is 0 Å². The average molecular weight is 456 g/mol. The molecule has 0 atom stereocenters. The summed E-state index contributed by atoms with van der Waals surface area (Å²) in [7, 11) is 1.60. The van der Waals surface area contributed by atoms with E-state index in [0.29, 0.717) is 24.3 Å². The van der Waals surface area contributed by atoms with Gasteiger partial charge >= 0.3 is 0 Å². The van der Waals surface area contributed by atoms with E-state index in [1.807, 2.05) is 80.6 Å². The zero-order valence-electron chi connectivity index (χ0n) is 19.7. The van der Waals surface area contributed by atoms with E-state index in [1.54, 1.807) is 11.7 Å². The van der Waals surface area contributed by atoms with Crippen molar-refractivity contribution in [3.8, 4) is 5.75 Å². The van der Waals surface area contributed by atoms with Crippen LogP contribution in [0.3, 0.4) is 0 Å². The second-order valence-electron chi connectivity index (χ2n) is 8.47. The molecule has 1 heterocycles. The number of aryl methyl sites for hydroxylation is 1. The summed E-state index contributed by atoms with van der Waals surface area (Å²) in [6.45, 7) is 4.39. The molecule has 0 spiro atoms. The number of nitrogens with two attached hydrogens (primary N) is 1. The van der Waals surface area contributed by atoms with Crippen LogP contribution >= 0.6 is 0 Å². The van der Waals surface area contributed by atoms with E-state index in [4.69, 9.17) is 10.5 Å². The summed E-state index contributed by atoms with van der Waals surface area (Å²) in [5.41, 5.74) is 11.6. The summed E-state index contributed by atoms with van der Waals surface area (Å²) in [4.78, 5) is 26.3. The van der Waals surface area contributed by atoms with Gasteiger partial charge in [-0.2, -0.15) is 0 Å². The van der Waals surface area contributed by atoms with Gasteiger partial charge in [-0.05, 0) is 73.9 Å². The number of aromatic nitrogens is 1. The number of carbonyl (C=O) groups is 2. The van der Waals surface area contributed by atoms with Crippen LogP contribution in [0.4, 0.5) is 5.69 Å². The lowest BCUT2D eigenvalue weighted by atomic mass is 10.1. The Morgan fingerprint density at radius 2 is 1.68 bits per heavy atom. The molecule has 0 radical (unpaired) electrons. The third kappa shape index (κ3) is 4.81. The van der Waals surface area contributed by atoms with Crippen molar-refractivity contribution in [1.82, 2.24) is 9.88 Å². The predicted molar refractivity (Wildman–Crippen MR) is 135 cm³/mol. The fourth-order valence-electron chi connectivity index (χ4n) is 4.15. The Labute approximate surface area is 199 Å². The average Bonchev–Trinajstić information content (AvgIpc) is 3.10. The Balaban J connectivity index is 1.60. The van der Waals surface area contributed by atoms with Gasteiger partial charge in [0.25, 0.3) is 5.91 Å². The number of benzene rings is 3. The molecule has 0 aliphatic rings. The van der Waals surface area contributed by atoms with E-state index in [-0.39, 0.29) is 18.2 Å². The maximum Gasteiger partial charge on any atom is 0.262 e. The van der Waals surface area contributed by atoms with Crippen LogP contribution in [0.15, 0.2) is 66.7 Å². The number of rotatable bonds is 7. The van der Waals surface area contributed by atoms with Crippen LogP contribution in [0.1, 0.15) is 32.7 Å². The van der Waals surface area contributed by atoms with E-state index in [0.717, 1.165) is 39.0 Å². The number of methoxy groups -OCH3 is 1. The minimum atomic E-state index is -0.123. The highest BCUT2D eigenvalue weighted by atomic mass is 16.5. The number of carbonyl (C=O) groups excluding carboxylic acids is 2. The normalized spacial score (nSPS) is 10.9. The molecule has 0 aliphatic carbocycles. The van der Waals surface area contributed by atoms with Crippen LogP contribution < -0.4 is 15.8 Å². The highest BCUT2D eigenvalue weighted by Gasteiger charge is 2.22. The van der Waals surface area contributed by atoms with E-state index >= 15 is 0 Å². The first-order valence-corrected chi connectivity index (χ1v) is 11.3. The largest absolute Gasteiger partial charge is 0.497 e. The number of nitrogens with one attached hydrogen (secondary N) is 1. The summed E-state index contributed by atoms with van der Waals surface area (Å²) in [5, 5.41) is 3.83. The molecule has 3 aromatic carbocycles. The minimum absolute atomic E-state index is 0.0943. The van der Waals surface area contributed by atoms with Gasteiger partial charge in [0.1, 0.15) is 5.75 Å². The summed E-state index contributed by atoms with van der Waals surface area (Å²) in [6, 6.07) is 20.7. The number of ether oxygens (including phenoxy) is 1. The SMILES string of the molecule is COc1ccc2c(c1)c(CC(=O)NCCc1ccc(N)cc1)c(C)n2C(=O)c1ccc(C)cc1. The first-order valence-electron chi connectivity index (χ1n) is 11.3. The topological polar surface area (TPSA) is 86.3 Å². The number of nitrogens with zero attached hydrogens (tertiary/aromatic N) is 1. The number of anilines is 1. The third-order valence-electron chi connectivity index (χ3n) is 6.10. The zero-order chi connectivity index (χ0) is 24.2. The molecule has 0 fully saturated rings. The number of amides is 1.